The van der Waals surface area contributed by atoms with Crippen molar-refractivity contribution in [3.63, 3.8) is 0 Å². The van der Waals surface area contributed by atoms with E-state index >= 15 is 0 Å². The largest absolute Gasteiger partial charge is 0.490 e. The highest BCUT2D eigenvalue weighted by molar-refractivity contribution is 5.84. The zero-order valence-corrected chi connectivity index (χ0v) is 11.0. The zero-order chi connectivity index (χ0) is 18.3. The van der Waals surface area contributed by atoms with Crippen LogP contribution >= 0.6 is 0 Å². The Morgan fingerprint density at radius 2 is 1.61 bits per heavy atom. The molecule has 0 aromatic carbocycles. The molecule has 8 nitrogen and oxygen atoms in total. The molecule has 1 heterocycles. The van der Waals surface area contributed by atoms with Crippen molar-refractivity contribution < 1.29 is 46.9 Å². The number of aliphatic hydroxyl groups excluding tert-OH is 1. The summed E-state index contributed by atoms with van der Waals surface area (Å²) in [6.45, 7) is -2.08. The molecule has 23 heavy (non-hydrogen) atoms. The van der Waals surface area contributed by atoms with Gasteiger partial charge in [0.2, 0.25) is 0 Å². The Morgan fingerprint density at radius 1 is 1.09 bits per heavy atom. The van der Waals surface area contributed by atoms with E-state index in [0.717, 1.165) is 12.4 Å². The summed E-state index contributed by atoms with van der Waals surface area (Å²) in [5, 5.41) is 26.1. The van der Waals surface area contributed by atoms with Crippen LogP contribution in [0, 0.1) is 0 Å². The summed E-state index contributed by atoms with van der Waals surface area (Å²) < 4.78 is 56.9. The number of halogens is 5. The molecule has 0 bridgehead atoms. The number of anilines is 1. The van der Waals surface area contributed by atoms with Crippen LogP contribution in [0.4, 0.5) is 27.8 Å². The first-order chi connectivity index (χ1) is 10.4. The Morgan fingerprint density at radius 3 is 1.91 bits per heavy atom. The van der Waals surface area contributed by atoms with E-state index < -0.39 is 37.2 Å². The first-order valence-corrected chi connectivity index (χ1v) is 5.47. The number of carbonyl (C=O) groups is 2. The van der Waals surface area contributed by atoms with Crippen molar-refractivity contribution in [2.75, 3.05) is 18.5 Å². The van der Waals surface area contributed by atoms with E-state index in [1.807, 2.05) is 0 Å². The quantitative estimate of drug-likeness (QED) is 0.576. The number of nitrogens with zero attached hydrogens (tertiary/aromatic N) is 2. The number of hydrogen-bond acceptors (Lipinski definition) is 6. The fourth-order valence-electron chi connectivity index (χ4n) is 0.806. The van der Waals surface area contributed by atoms with Gasteiger partial charge in [-0.15, -0.1) is 0 Å². The predicted molar refractivity (Wildman–Crippen MR) is 63.2 cm³/mol. The van der Waals surface area contributed by atoms with Crippen molar-refractivity contribution in [2.24, 2.45) is 0 Å². The van der Waals surface area contributed by atoms with E-state index in [1.54, 1.807) is 0 Å². The standard InChI is InChI=1S/C8H9F2N3O3.C2HF3O2/c9-8(10,4-14)3-13-6-2-11-5(1-12-6)7(15)16;3-2(4,5)1(6)7/h1-2,14H,3-4H2,(H,12,13)(H,15,16);(H,6,7). The Hall–Kier alpha value is -2.57. The fraction of sp³-hybridized carbons (Fsp3) is 0.400. The second kappa shape index (κ2) is 8.17. The number of hydrogen-bond donors (Lipinski definition) is 4. The Kier molecular flexibility index (Phi) is 7.25. The van der Waals surface area contributed by atoms with E-state index in [9.17, 15) is 26.7 Å². The summed E-state index contributed by atoms with van der Waals surface area (Å²) in [4.78, 5) is 26.3. The summed E-state index contributed by atoms with van der Waals surface area (Å²) in [7, 11) is 0. The van der Waals surface area contributed by atoms with Crippen molar-refractivity contribution in [3.8, 4) is 0 Å². The highest BCUT2D eigenvalue weighted by Gasteiger charge is 2.38. The number of aromatic nitrogens is 2. The van der Waals surface area contributed by atoms with Crippen molar-refractivity contribution in [3.05, 3.63) is 18.1 Å². The van der Waals surface area contributed by atoms with Crippen molar-refractivity contribution in [1.29, 1.82) is 0 Å². The number of aromatic carboxylic acids is 1. The fourth-order valence-corrected chi connectivity index (χ4v) is 0.806. The number of rotatable bonds is 5. The lowest BCUT2D eigenvalue weighted by atomic mass is 10.3. The first-order valence-electron chi connectivity index (χ1n) is 5.47. The highest BCUT2D eigenvalue weighted by Crippen LogP contribution is 2.13. The lowest BCUT2D eigenvalue weighted by molar-refractivity contribution is -0.192. The molecule has 0 amide bonds. The van der Waals surface area contributed by atoms with Crippen molar-refractivity contribution in [2.45, 2.75) is 12.1 Å². The summed E-state index contributed by atoms with van der Waals surface area (Å²) in [5.74, 6) is -7.25. The molecule has 0 saturated heterocycles. The smallest absolute Gasteiger partial charge is 0.476 e. The summed E-state index contributed by atoms with van der Waals surface area (Å²) in [6.07, 6.45) is -3.11. The lowest BCUT2D eigenvalue weighted by Gasteiger charge is -2.13. The molecular formula is C10H10F5N3O5. The molecule has 1 aromatic heterocycles. The third kappa shape index (κ3) is 8.45. The molecule has 0 spiro atoms. The minimum Gasteiger partial charge on any atom is -0.476 e. The third-order valence-corrected chi connectivity index (χ3v) is 1.87. The van der Waals surface area contributed by atoms with E-state index in [4.69, 9.17) is 20.1 Å². The molecular weight excluding hydrogens is 337 g/mol. The van der Waals surface area contributed by atoms with Gasteiger partial charge in [0.25, 0.3) is 5.92 Å². The molecule has 0 aliphatic rings. The second-order valence-electron chi connectivity index (χ2n) is 3.76. The summed E-state index contributed by atoms with van der Waals surface area (Å²) >= 11 is 0. The lowest BCUT2D eigenvalue weighted by Crippen LogP contribution is -2.31. The predicted octanol–water partition coefficient (Wildman–Crippen LogP) is 0.848. The maximum atomic E-state index is 12.6. The molecule has 0 aliphatic carbocycles. The Labute approximate surface area is 124 Å². The van der Waals surface area contributed by atoms with Gasteiger partial charge in [0.1, 0.15) is 12.4 Å². The monoisotopic (exact) mass is 347 g/mol. The average molecular weight is 347 g/mol. The van der Waals surface area contributed by atoms with Crippen LogP contribution in [0.1, 0.15) is 10.5 Å². The molecule has 130 valence electrons. The topological polar surface area (TPSA) is 133 Å². The van der Waals surface area contributed by atoms with Crippen LogP contribution in [0.2, 0.25) is 0 Å². The number of aliphatic hydroxyl groups is 1. The van der Waals surface area contributed by atoms with Gasteiger partial charge in [0, 0.05) is 0 Å². The van der Waals surface area contributed by atoms with Crippen LogP contribution in [0.3, 0.4) is 0 Å². The Bertz CT molecular complexity index is 535. The van der Waals surface area contributed by atoms with Crippen molar-refractivity contribution in [1.82, 2.24) is 9.97 Å². The molecule has 0 aliphatic heterocycles. The normalized spacial score (nSPS) is 11.2. The average Bonchev–Trinajstić information content (AvgIpc) is 2.45. The van der Waals surface area contributed by atoms with Gasteiger partial charge in [-0.2, -0.15) is 13.2 Å². The van der Waals surface area contributed by atoms with Gasteiger partial charge in [-0.1, -0.05) is 0 Å². The minimum absolute atomic E-state index is 0.0122. The molecule has 0 atom stereocenters. The molecule has 13 heteroatoms. The van der Waals surface area contributed by atoms with Crippen molar-refractivity contribution >= 4 is 17.8 Å². The van der Waals surface area contributed by atoms with Crippen LogP contribution in [-0.2, 0) is 4.79 Å². The zero-order valence-electron chi connectivity index (χ0n) is 11.0. The minimum atomic E-state index is -5.08. The molecule has 0 saturated carbocycles. The van der Waals surface area contributed by atoms with Gasteiger partial charge in [-0.05, 0) is 0 Å². The van der Waals surface area contributed by atoms with Crippen LogP contribution in [0.25, 0.3) is 0 Å². The van der Waals surface area contributed by atoms with Gasteiger partial charge in [-0.25, -0.2) is 28.3 Å². The van der Waals surface area contributed by atoms with Gasteiger partial charge >= 0.3 is 18.1 Å². The summed E-state index contributed by atoms with van der Waals surface area (Å²) in [5.41, 5.74) is -0.278. The number of nitrogens with one attached hydrogen (secondary N) is 1. The van der Waals surface area contributed by atoms with Gasteiger partial charge < -0.3 is 20.6 Å². The molecule has 0 unspecified atom stereocenters. The number of carboxylic acids is 2. The maximum Gasteiger partial charge on any atom is 0.490 e. The highest BCUT2D eigenvalue weighted by atomic mass is 19.4. The number of aliphatic carboxylic acids is 1. The van der Waals surface area contributed by atoms with Gasteiger partial charge in [0.15, 0.2) is 5.69 Å². The van der Waals surface area contributed by atoms with E-state index in [1.165, 1.54) is 0 Å². The Balaban J connectivity index is 0.000000585. The van der Waals surface area contributed by atoms with Crippen LogP contribution in [-0.4, -0.2) is 62.5 Å². The first kappa shape index (κ1) is 20.4. The number of alkyl halides is 5. The molecule has 0 radical (unpaired) electrons. The maximum absolute atomic E-state index is 12.6. The molecule has 4 N–H and O–H groups in total. The van der Waals surface area contributed by atoms with E-state index in [-0.39, 0.29) is 11.5 Å². The molecule has 1 rings (SSSR count). The van der Waals surface area contributed by atoms with Crippen LogP contribution < -0.4 is 5.32 Å². The summed E-state index contributed by atoms with van der Waals surface area (Å²) in [6, 6.07) is 0. The van der Waals surface area contributed by atoms with E-state index in [2.05, 4.69) is 15.3 Å². The third-order valence-electron chi connectivity index (χ3n) is 1.87. The van der Waals surface area contributed by atoms with Crippen LogP contribution in [0.5, 0.6) is 0 Å². The SMILES string of the molecule is O=C(O)C(F)(F)F.O=C(O)c1cnc(NCC(F)(F)CO)cn1. The van der Waals surface area contributed by atoms with Gasteiger partial charge in [-0.3, -0.25) is 0 Å². The molecule has 0 fully saturated rings. The van der Waals surface area contributed by atoms with Gasteiger partial charge in [0.05, 0.1) is 18.9 Å². The number of carboxylic acid groups (broad SMARTS) is 2. The molecule has 1 aromatic rings. The van der Waals surface area contributed by atoms with E-state index in [0.29, 0.717) is 0 Å². The second-order valence-corrected chi connectivity index (χ2v) is 3.76. The van der Waals surface area contributed by atoms with Crippen LogP contribution in [0.15, 0.2) is 12.4 Å².